The maximum Gasteiger partial charge on any atom is 0.326 e. The van der Waals surface area contributed by atoms with E-state index in [1.165, 1.54) is 30.3 Å². The molecule has 2 aromatic carbocycles. The van der Waals surface area contributed by atoms with Crippen molar-refractivity contribution < 1.29 is 22.3 Å². The van der Waals surface area contributed by atoms with Crippen LogP contribution in [-0.4, -0.2) is 28.0 Å². The van der Waals surface area contributed by atoms with E-state index in [9.17, 15) is 17.6 Å². The van der Waals surface area contributed by atoms with Gasteiger partial charge < -0.3 is 4.74 Å². The van der Waals surface area contributed by atoms with Crippen LogP contribution in [0.25, 0.3) is 0 Å². The summed E-state index contributed by atoms with van der Waals surface area (Å²) in [7, 11) is -2.86. The average molecular weight is 323 g/mol. The minimum atomic E-state index is -4.01. The molecule has 0 fully saturated rings. The molecular formula is C15H14FNO4S. The number of halogens is 1. The predicted octanol–water partition coefficient (Wildman–Crippen LogP) is 2.19. The van der Waals surface area contributed by atoms with Crippen LogP contribution >= 0.6 is 0 Å². The summed E-state index contributed by atoms with van der Waals surface area (Å²) < 4.78 is 44.1. The Kier molecular flexibility index (Phi) is 4.77. The Morgan fingerprint density at radius 2 is 1.82 bits per heavy atom. The molecular weight excluding hydrogens is 309 g/mol. The fourth-order valence-electron chi connectivity index (χ4n) is 1.85. The van der Waals surface area contributed by atoms with Crippen LogP contribution in [0.5, 0.6) is 0 Å². The normalized spacial score (nSPS) is 11.0. The highest BCUT2D eigenvalue weighted by Crippen LogP contribution is 2.24. The van der Waals surface area contributed by atoms with Crippen LogP contribution < -0.4 is 4.31 Å². The summed E-state index contributed by atoms with van der Waals surface area (Å²) in [4.78, 5) is 11.5. The smallest absolute Gasteiger partial charge is 0.326 e. The van der Waals surface area contributed by atoms with Gasteiger partial charge >= 0.3 is 5.97 Å². The first-order chi connectivity index (χ1) is 10.4. The van der Waals surface area contributed by atoms with Gasteiger partial charge in [0.1, 0.15) is 12.4 Å². The van der Waals surface area contributed by atoms with Crippen molar-refractivity contribution >= 4 is 21.7 Å². The van der Waals surface area contributed by atoms with Crippen molar-refractivity contribution in [2.24, 2.45) is 0 Å². The Morgan fingerprint density at radius 1 is 1.14 bits per heavy atom. The summed E-state index contributed by atoms with van der Waals surface area (Å²) in [6, 6.07) is 12.6. The van der Waals surface area contributed by atoms with E-state index in [2.05, 4.69) is 4.74 Å². The number of methoxy groups -OCH3 is 1. The lowest BCUT2D eigenvalue weighted by molar-refractivity contribution is -0.138. The second-order valence-corrected chi connectivity index (χ2v) is 6.24. The second kappa shape index (κ2) is 6.57. The van der Waals surface area contributed by atoms with Gasteiger partial charge in [-0.3, -0.25) is 9.10 Å². The van der Waals surface area contributed by atoms with E-state index in [1.54, 1.807) is 18.2 Å². The molecule has 0 amide bonds. The average Bonchev–Trinajstić information content (AvgIpc) is 2.53. The maximum atomic E-state index is 13.4. The van der Waals surface area contributed by atoms with Crippen LogP contribution in [-0.2, 0) is 19.6 Å². The van der Waals surface area contributed by atoms with Gasteiger partial charge in [-0.05, 0) is 30.3 Å². The highest BCUT2D eigenvalue weighted by atomic mass is 32.2. The van der Waals surface area contributed by atoms with Crippen LogP contribution in [0.15, 0.2) is 59.5 Å². The lowest BCUT2D eigenvalue weighted by Crippen LogP contribution is -2.36. The Morgan fingerprint density at radius 3 is 2.41 bits per heavy atom. The van der Waals surface area contributed by atoms with Gasteiger partial charge in [0.25, 0.3) is 10.0 Å². The quantitative estimate of drug-likeness (QED) is 0.791. The van der Waals surface area contributed by atoms with Gasteiger partial charge in [0.15, 0.2) is 0 Å². The third-order valence-electron chi connectivity index (χ3n) is 2.93. The van der Waals surface area contributed by atoms with Crippen LogP contribution in [0.3, 0.4) is 0 Å². The van der Waals surface area contributed by atoms with E-state index in [-0.39, 0.29) is 10.6 Å². The van der Waals surface area contributed by atoms with Crippen molar-refractivity contribution in [3.63, 3.8) is 0 Å². The molecule has 0 aliphatic heterocycles. The number of rotatable bonds is 5. The summed E-state index contributed by atoms with van der Waals surface area (Å²) in [6.45, 7) is -0.544. The first kappa shape index (κ1) is 16.0. The lowest BCUT2D eigenvalue weighted by Gasteiger charge is -2.23. The second-order valence-electron chi connectivity index (χ2n) is 4.38. The highest BCUT2D eigenvalue weighted by molar-refractivity contribution is 7.92. The van der Waals surface area contributed by atoms with Gasteiger partial charge in [-0.1, -0.05) is 24.3 Å². The third-order valence-corrected chi connectivity index (χ3v) is 4.72. The zero-order valence-corrected chi connectivity index (χ0v) is 12.6. The zero-order valence-electron chi connectivity index (χ0n) is 11.8. The molecule has 7 heteroatoms. The molecule has 22 heavy (non-hydrogen) atoms. The first-order valence-electron chi connectivity index (χ1n) is 6.35. The van der Waals surface area contributed by atoms with Gasteiger partial charge in [0.2, 0.25) is 0 Å². The van der Waals surface area contributed by atoms with E-state index in [4.69, 9.17) is 0 Å². The van der Waals surface area contributed by atoms with Crippen molar-refractivity contribution in [3.05, 3.63) is 60.4 Å². The van der Waals surface area contributed by atoms with Gasteiger partial charge in [0.05, 0.1) is 17.7 Å². The molecule has 116 valence electrons. The van der Waals surface area contributed by atoms with Crippen molar-refractivity contribution in [2.75, 3.05) is 18.0 Å². The Labute approximate surface area is 128 Å². The lowest BCUT2D eigenvalue weighted by atomic mass is 10.3. The van der Waals surface area contributed by atoms with E-state index in [0.29, 0.717) is 0 Å². The topological polar surface area (TPSA) is 63.7 Å². The largest absolute Gasteiger partial charge is 0.468 e. The Bertz CT molecular complexity index is 762. The van der Waals surface area contributed by atoms with Crippen molar-refractivity contribution in [1.29, 1.82) is 0 Å². The number of carbonyl (C=O) groups excluding carboxylic acids is 1. The molecule has 0 spiro atoms. The molecule has 0 atom stereocenters. The molecule has 0 saturated carbocycles. The number of ether oxygens (including phenoxy) is 1. The minimum absolute atomic E-state index is 0.00293. The molecule has 5 nitrogen and oxygen atoms in total. The van der Waals surface area contributed by atoms with Crippen molar-refractivity contribution in [2.45, 2.75) is 4.90 Å². The van der Waals surface area contributed by atoms with Gasteiger partial charge in [-0.25, -0.2) is 12.8 Å². The zero-order chi connectivity index (χ0) is 16.2. The van der Waals surface area contributed by atoms with Gasteiger partial charge in [-0.2, -0.15) is 0 Å². The standard InChI is InChI=1S/C15H14FNO4S/c1-21-15(18)11-17(13-7-5-6-12(16)10-13)22(19,20)14-8-3-2-4-9-14/h2-10H,11H2,1H3. The molecule has 0 aliphatic carbocycles. The molecule has 0 bridgehead atoms. The number of hydrogen-bond donors (Lipinski definition) is 0. The van der Waals surface area contributed by atoms with Crippen molar-refractivity contribution in [1.82, 2.24) is 0 Å². The third kappa shape index (κ3) is 3.43. The first-order valence-corrected chi connectivity index (χ1v) is 7.79. The SMILES string of the molecule is COC(=O)CN(c1cccc(F)c1)S(=O)(=O)c1ccccc1. The van der Waals surface area contributed by atoms with E-state index < -0.39 is 28.4 Å². The van der Waals surface area contributed by atoms with Crippen LogP contribution in [0.2, 0.25) is 0 Å². The fraction of sp³-hybridized carbons (Fsp3) is 0.133. The molecule has 0 saturated heterocycles. The van der Waals surface area contributed by atoms with E-state index >= 15 is 0 Å². The minimum Gasteiger partial charge on any atom is -0.468 e. The molecule has 0 aliphatic rings. The maximum absolute atomic E-state index is 13.4. The van der Waals surface area contributed by atoms with Crippen LogP contribution in [0, 0.1) is 5.82 Å². The Hall–Kier alpha value is -2.41. The van der Waals surface area contributed by atoms with E-state index in [1.807, 2.05) is 0 Å². The predicted molar refractivity (Wildman–Crippen MR) is 79.4 cm³/mol. The number of sulfonamides is 1. The van der Waals surface area contributed by atoms with Gasteiger partial charge in [0, 0.05) is 0 Å². The molecule has 0 radical (unpaired) electrons. The number of esters is 1. The summed E-state index contributed by atoms with van der Waals surface area (Å²) in [5.41, 5.74) is 0.0502. The number of nitrogens with zero attached hydrogens (tertiary/aromatic N) is 1. The van der Waals surface area contributed by atoms with E-state index in [0.717, 1.165) is 17.5 Å². The molecule has 0 heterocycles. The molecule has 0 aromatic heterocycles. The van der Waals surface area contributed by atoms with Gasteiger partial charge in [-0.15, -0.1) is 0 Å². The molecule has 0 unspecified atom stereocenters. The molecule has 2 rings (SSSR count). The summed E-state index contributed by atoms with van der Waals surface area (Å²) >= 11 is 0. The summed E-state index contributed by atoms with van der Waals surface area (Å²) in [6.07, 6.45) is 0. The monoisotopic (exact) mass is 323 g/mol. The van der Waals surface area contributed by atoms with Crippen molar-refractivity contribution in [3.8, 4) is 0 Å². The number of benzene rings is 2. The number of anilines is 1. The summed E-state index contributed by atoms with van der Waals surface area (Å²) in [5, 5.41) is 0. The van der Waals surface area contributed by atoms with Crippen LogP contribution in [0.1, 0.15) is 0 Å². The highest BCUT2D eigenvalue weighted by Gasteiger charge is 2.27. The molecule has 0 N–H and O–H groups in total. The number of hydrogen-bond acceptors (Lipinski definition) is 4. The van der Waals surface area contributed by atoms with Crippen LogP contribution in [0.4, 0.5) is 10.1 Å². The molecule has 2 aromatic rings. The number of carbonyl (C=O) groups is 1. The fourth-order valence-corrected chi connectivity index (χ4v) is 3.27. The summed E-state index contributed by atoms with van der Waals surface area (Å²) in [5.74, 6) is -1.35. The Balaban J connectivity index is 2.51.